The van der Waals surface area contributed by atoms with E-state index in [1.165, 1.54) is 37.3 Å². The van der Waals surface area contributed by atoms with Gasteiger partial charge in [-0.2, -0.15) is 4.39 Å². The van der Waals surface area contributed by atoms with Crippen LogP contribution >= 0.6 is 0 Å². The number of nitrogens with two attached hydrogens (primary N) is 1. The molecule has 0 aliphatic carbocycles. The molecule has 2 atom stereocenters. The summed E-state index contributed by atoms with van der Waals surface area (Å²) in [4.78, 5) is 46.0. The van der Waals surface area contributed by atoms with Crippen molar-refractivity contribution in [2.45, 2.75) is 31.8 Å². The van der Waals surface area contributed by atoms with Crippen LogP contribution in [-0.2, 0) is 27.2 Å². The van der Waals surface area contributed by atoms with E-state index < -0.39 is 52.1 Å². The third kappa shape index (κ3) is 6.84. The molecule has 0 bridgehead atoms. The van der Waals surface area contributed by atoms with Gasteiger partial charge in [0, 0.05) is 25.8 Å². The fourth-order valence-electron chi connectivity index (χ4n) is 2.87. The standard InChI is InChI=1S/C20H20F2N4O5/c1-11(27)24-17(8-12-2-5-14(21)6-3-12)20(29)25-16(19(23)28)9-13-4-7-15(22)18(10-13)26(30)31/h2-7,10,16-17H,8-9H2,1H3,(H2,23,28)(H,24,27)(H,25,29)/t16-,17+/m0/s1. The summed E-state index contributed by atoms with van der Waals surface area (Å²) < 4.78 is 26.6. The van der Waals surface area contributed by atoms with Crippen LogP contribution in [0.25, 0.3) is 0 Å². The highest BCUT2D eigenvalue weighted by Crippen LogP contribution is 2.19. The van der Waals surface area contributed by atoms with Gasteiger partial charge < -0.3 is 16.4 Å². The summed E-state index contributed by atoms with van der Waals surface area (Å²) in [5, 5.41) is 15.7. The predicted octanol–water partition coefficient (Wildman–Crippen LogP) is 1.13. The van der Waals surface area contributed by atoms with Crippen LogP contribution < -0.4 is 16.4 Å². The van der Waals surface area contributed by atoms with E-state index in [-0.39, 0.29) is 18.4 Å². The first-order valence-electron chi connectivity index (χ1n) is 9.11. The topological polar surface area (TPSA) is 144 Å². The molecule has 2 aromatic carbocycles. The van der Waals surface area contributed by atoms with Crippen molar-refractivity contribution in [3.63, 3.8) is 0 Å². The second kappa shape index (κ2) is 10.2. The van der Waals surface area contributed by atoms with Crippen LogP contribution in [0.2, 0.25) is 0 Å². The number of hydrogen-bond acceptors (Lipinski definition) is 5. The molecule has 0 saturated carbocycles. The molecule has 9 nitrogen and oxygen atoms in total. The van der Waals surface area contributed by atoms with Gasteiger partial charge in [-0.05, 0) is 29.3 Å². The van der Waals surface area contributed by atoms with E-state index in [0.29, 0.717) is 5.56 Å². The second-order valence-electron chi connectivity index (χ2n) is 6.79. The Morgan fingerprint density at radius 2 is 1.58 bits per heavy atom. The average Bonchev–Trinajstić information content (AvgIpc) is 2.69. The number of nitrogens with zero attached hydrogens (tertiary/aromatic N) is 1. The first-order valence-corrected chi connectivity index (χ1v) is 9.11. The number of hydrogen-bond donors (Lipinski definition) is 3. The molecule has 0 spiro atoms. The number of nitrogens with one attached hydrogen (secondary N) is 2. The maximum atomic E-state index is 13.5. The Kier molecular flexibility index (Phi) is 7.72. The molecule has 164 valence electrons. The summed E-state index contributed by atoms with van der Waals surface area (Å²) in [6.45, 7) is 1.20. The van der Waals surface area contributed by atoms with Gasteiger partial charge in [-0.25, -0.2) is 4.39 Å². The normalized spacial score (nSPS) is 12.5. The molecule has 0 unspecified atom stereocenters. The second-order valence-corrected chi connectivity index (χ2v) is 6.79. The van der Waals surface area contributed by atoms with Gasteiger partial charge in [0.25, 0.3) is 0 Å². The van der Waals surface area contributed by atoms with E-state index in [9.17, 15) is 33.3 Å². The van der Waals surface area contributed by atoms with Gasteiger partial charge in [-0.15, -0.1) is 0 Å². The van der Waals surface area contributed by atoms with E-state index >= 15 is 0 Å². The number of carbonyl (C=O) groups excluding carboxylic acids is 3. The lowest BCUT2D eigenvalue weighted by Crippen LogP contribution is -2.54. The number of nitro benzene ring substituents is 1. The summed E-state index contributed by atoms with van der Waals surface area (Å²) in [5.41, 5.74) is 5.32. The Morgan fingerprint density at radius 1 is 1.00 bits per heavy atom. The maximum Gasteiger partial charge on any atom is 0.305 e. The number of primary amides is 1. The van der Waals surface area contributed by atoms with Crippen molar-refractivity contribution in [2.75, 3.05) is 0 Å². The van der Waals surface area contributed by atoms with E-state index in [2.05, 4.69) is 10.6 Å². The zero-order chi connectivity index (χ0) is 23.1. The molecule has 0 heterocycles. The molecule has 2 rings (SSSR count). The lowest BCUT2D eigenvalue weighted by molar-refractivity contribution is -0.387. The van der Waals surface area contributed by atoms with Crippen molar-refractivity contribution in [3.05, 3.63) is 75.3 Å². The molecule has 4 N–H and O–H groups in total. The van der Waals surface area contributed by atoms with Crippen LogP contribution in [0.1, 0.15) is 18.1 Å². The Bertz CT molecular complexity index is 998. The minimum Gasteiger partial charge on any atom is -0.368 e. The van der Waals surface area contributed by atoms with Crippen molar-refractivity contribution in [2.24, 2.45) is 5.73 Å². The lowest BCUT2D eigenvalue weighted by atomic mass is 10.0. The van der Waals surface area contributed by atoms with E-state index in [1.54, 1.807) is 0 Å². The summed E-state index contributed by atoms with van der Waals surface area (Å²) in [6, 6.07) is 5.98. The van der Waals surface area contributed by atoms with Gasteiger partial charge in [0.05, 0.1) is 4.92 Å². The highest BCUT2D eigenvalue weighted by atomic mass is 19.1. The summed E-state index contributed by atoms with van der Waals surface area (Å²) in [6.07, 6.45) is -0.218. The number of halogens is 2. The first kappa shape index (κ1) is 23.4. The van der Waals surface area contributed by atoms with Crippen LogP contribution in [0.4, 0.5) is 14.5 Å². The molecule has 2 aromatic rings. The van der Waals surface area contributed by atoms with Crippen molar-refractivity contribution in [1.29, 1.82) is 0 Å². The molecule has 0 saturated heterocycles. The molecule has 3 amide bonds. The van der Waals surface area contributed by atoms with Crippen molar-refractivity contribution in [3.8, 4) is 0 Å². The van der Waals surface area contributed by atoms with Crippen molar-refractivity contribution < 1.29 is 28.1 Å². The lowest BCUT2D eigenvalue weighted by Gasteiger charge is -2.22. The quantitative estimate of drug-likeness (QED) is 0.400. The minimum absolute atomic E-state index is 0.0131. The third-order valence-electron chi connectivity index (χ3n) is 4.35. The molecule has 0 fully saturated rings. The molecule has 0 aliphatic rings. The highest BCUT2D eigenvalue weighted by Gasteiger charge is 2.26. The number of rotatable bonds is 9. The van der Waals surface area contributed by atoms with Gasteiger partial charge >= 0.3 is 5.69 Å². The highest BCUT2D eigenvalue weighted by molar-refractivity contribution is 5.91. The van der Waals surface area contributed by atoms with Crippen LogP contribution in [0.15, 0.2) is 42.5 Å². The van der Waals surface area contributed by atoms with Gasteiger partial charge in [-0.1, -0.05) is 18.2 Å². The molecule has 0 aliphatic heterocycles. The van der Waals surface area contributed by atoms with Crippen molar-refractivity contribution in [1.82, 2.24) is 10.6 Å². The predicted molar refractivity (Wildman–Crippen MR) is 106 cm³/mol. The van der Waals surface area contributed by atoms with Crippen LogP contribution in [0.5, 0.6) is 0 Å². The smallest absolute Gasteiger partial charge is 0.305 e. The van der Waals surface area contributed by atoms with E-state index in [4.69, 9.17) is 5.73 Å². The fraction of sp³-hybridized carbons (Fsp3) is 0.250. The monoisotopic (exact) mass is 434 g/mol. The summed E-state index contributed by atoms with van der Waals surface area (Å²) >= 11 is 0. The number of nitro groups is 1. The Balaban J connectivity index is 2.18. The Labute approximate surface area is 175 Å². The zero-order valence-corrected chi connectivity index (χ0v) is 16.4. The van der Waals surface area contributed by atoms with Gasteiger partial charge in [0.1, 0.15) is 17.9 Å². The third-order valence-corrected chi connectivity index (χ3v) is 4.35. The molecular weight excluding hydrogens is 414 g/mol. The van der Waals surface area contributed by atoms with Crippen LogP contribution in [0.3, 0.4) is 0 Å². The fourth-order valence-corrected chi connectivity index (χ4v) is 2.87. The Morgan fingerprint density at radius 3 is 2.13 bits per heavy atom. The number of benzene rings is 2. The molecule has 31 heavy (non-hydrogen) atoms. The summed E-state index contributed by atoms with van der Waals surface area (Å²) in [5.74, 6) is -3.68. The van der Waals surface area contributed by atoms with Gasteiger partial charge in [-0.3, -0.25) is 24.5 Å². The molecule has 0 radical (unpaired) electrons. The van der Waals surface area contributed by atoms with Gasteiger partial charge in [0.15, 0.2) is 0 Å². The zero-order valence-electron chi connectivity index (χ0n) is 16.4. The van der Waals surface area contributed by atoms with E-state index in [1.807, 2.05) is 0 Å². The van der Waals surface area contributed by atoms with Crippen LogP contribution in [0, 0.1) is 21.7 Å². The maximum absolute atomic E-state index is 13.5. The molecule has 0 aromatic heterocycles. The Hall–Kier alpha value is -3.89. The average molecular weight is 434 g/mol. The molecular formula is C20H20F2N4O5. The SMILES string of the molecule is CC(=O)N[C@H](Cc1ccc(F)cc1)C(=O)N[C@@H](Cc1ccc(F)c([N+](=O)[O-])c1)C(N)=O. The van der Waals surface area contributed by atoms with E-state index in [0.717, 1.165) is 12.1 Å². The number of carbonyl (C=O) groups is 3. The van der Waals surface area contributed by atoms with Gasteiger partial charge in [0.2, 0.25) is 23.5 Å². The largest absolute Gasteiger partial charge is 0.368 e. The van der Waals surface area contributed by atoms with Crippen LogP contribution in [-0.4, -0.2) is 34.7 Å². The number of amides is 3. The first-order chi connectivity index (χ1) is 14.6. The molecule has 11 heteroatoms. The van der Waals surface area contributed by atoms with Crippen molar-refractivity contribution >= 4 is 23.4 Å². The minimum atomic E-state index is -1.28. The summed E-state index contributed by atoms with van der Waals surface area (Å²) in [7, 11) is 0.